The van der Waals surface area contributed by atoms with Crippen LogP contribution in [0.25, 0.3) is 0 Å². The lowest BCUT2D eigenvalue weighted by atomic mass is 10.4. The summed E-state index contributed by atoms with van der Waals surface area (Å²) in [7, 11) is 0. The Bertz CT molecular complexity index is 68.1. The lowest BCUT2D eigenvalue weighted by molar-refractivity contribution is 1.21. The molecular formula is C5H7Br3. The number of alkyl halides is 3. The van der Waals surface area contributed by atoms with Gasteiger partial charge in [0.05, 0.1) is 3.74 Å². The van der Waals surface area contributed by atoms with E-state index in [0.29, 0.717) is 3.74 Å². The highest BCUT2D eigenvalue weighted by Gasteiger charge is 1.89. The molecule has 0 radical (unpaired) electrons. The minimum absolute atomic E-state index is 0.422. The zero-order valence-corrected chi connectivity index (χ0v) is 9.04. The van der Waals surface area contributed by atoms with Gasteiger partial charge in [0, 0.05) is 5.33 Å². The smallest absolute Gasteiger partial charge is 0.0732 e. The van der Waals surface area contributed by atoms with Crippen LogP contribution in [0, 0.1) is 0 Å². The van der Waals surface area contributed by atoms with E-state index in [-0.39, 0.29) is 0 Å². The summed E-state index contributed by atoms with van der Waals surface area (Å²) in [5.41, 5.74) is 0. The summed E-state index contributed by atoms with van der Waals surface area (Å²) >= 11 is 9.99. The maximum Gasteiger partial charge on any atom is 0.0732 e. The molecule has 0 heterocycles. The predicted octanol–water partition coefficient (Wildman–Crippen LogP) is 3.44. The molecule has 0 bridgehead atoms. The van der Waals surface area contributed by atoms with Gasteiger partial charge in [-0.1, -0.05) is 59.9 Å². The Morgan fingerprint density at radius 3 is 2.25 bits per heavy atom. The van der Waals surface area contributed by atoms with Crippen molar-refractivity contribution >= 4 is 47.8 Å². The van der Waals surface area contributed by atoms with Crippen molar-refractivity contribution in [3.63, 3.8) is 0 Å². The largest absolute Gasteiger partial charge is 0.0883 e. The van der Waals surface area contributed by atoms with E-state index in [1.807, 2.05) is 0 Å². The third kappa shape index (κ3) is 7.18. The first-order valence-corrected chi connectivity index (χ1v) is 5.21. The van der Waals surface area contributed by atoms with Crippen LogP contribution in [0.15, 0.2) is 12.2 Å². The SMILES string of the molecule is BrCC=CCC(Br)Br. The number of hydrogen-bond acceptors (Lipinski definition) is 0. The molecule has 0 amide bonds. The van der Waals surface area contributed by atoms with Crippen LogP contribution in [0.2, 0.25) is 0 Å². The fourth-order valence-corrected chi connectivity index (χ4v) is 0.958. The molecule has 0 aliphatic carbocycles. The average Bonchev–Trinajstić information content (AvgIpc) is 1.66. The first kappa shape index (κ1) is 9.18. The summed E-state index contributed by atoms with van der Waals surface area (Å²) in [5, 5.41) is 0.944. The third-order valence-electron chi connectivity index (χ3n) is 0.570. The van der Waals surface area contributed by atoms with Crippen molar-refractivity contribution in [2.75, 3.05) is 5.33 Å². The topological polar surface area (TPSA) is 0 Å². The molecule has 0 atom stereocenters. The van der Waals surface area contributed by atoms with E-state index in [2.05, 4.69) is 59.9 Å². The summed E-state index contributed by atoms with van der Waals surface area (Å²) in [6.45, 7) is 0. The maximum absolute atomic E-state index is 3.35. The quantitative estimate of drug-likeness (QED) is 0.553. The van der Waals surface area contributed by atoms with Crippen LogP contribution < -0.4 is 0 Å². The van der Waals surface area contributed by atoms with Gasteiger partial charge in [-0.15, -0.1) is 0 Å². The second-order valence-electron chi connectivity index (χ2n) is 1.25. The minimum atomic E-state index is 0.422. The van der Waals surface area contributed by atoms with Gasteiger partial charge < -0.3 is 0 Å². The van der Waals surface area contributed by atoms with Gasteiger partial charge in [-0.05, 0) is 6.42 Å². The molecule has 0 aliphatic heterocycles. The summed E-state index contributed by atoms with van der Waals surface area (Å²) in [5.74, 6) is 0. The van der Waals surface area contributed by atoms with E-state index in [0.717, 1.165) is 11.8 Å². The second kappa shape index (κ2) is 6.30. The average molecular weight is 307 g/mol. The van der Waals surface area contributed by atoms with Crippen molar-refractivity contribution in [3.8, 4) is 0 Å². The van der Waals surface area contributed by atoms with Gasteiger partial charge in [0.25, 0.3) is 0 Å². The normalized spacial score (nSPS) is 11.5. The van der Waals surface area contributed by atoms with Crippen LogP contribution >= 0.6 is 47.8 Å². The summed E-state index contributed by atoms with van der Waals surface area (Å²) < 4.78 is 0.422. The fourth-order valence-electron chi connectivity index (χ4n) is 0.262. The van der Waals surface area contributed by atoms with Crippen LogP contribution in [0.5, 0.6) is 0 Å². The van der Waals surface area contributed by atoms with Gasteiger partial charge in [0.2, 0.25) is 0 Å². The molecule has 0 nitrogen and oxygen atoms in total. The first-order valence-electron chi connectivity index (χ1n) is 2.26. The van der Waals surface area contributed by atoms with Gasteiger partial charge in [-0.25, -0.2) is 0 Å². The Morgan fingerprint density at radius 2 is 1.88 bits per heavy atom. The molecule has 0 unspecified atom stereocenters. The highest BCUT2D eigenvalue weighted by Crippen LogP contribution is 2.12. The van der Waals surface area contributed by atoms with Crippen molar-refractivity contribution in [1.29, 1.82) is 0 Å². The van der Waals surface area contributed by atoms with Crippen molar-refractivity contribution < 1.29 is 0 Å². The highest BCUT2D eigenvalue weighted by molar-refractivity contribution is 9.24. The fraction of sp³-hybridized carbons (Fsp3) is 0.600. The Balaban J connectivity index is 3.03. The Morgan fingerprint density at radius 1 is 1.25 bits per heavy atom. The van der Waals surface area contributed by atoms with E-state index in [9.17, 15) is 0 Å². The molecule has 3 heteroatoms. The van der Waals surface area contributed by atoms with E-state index in [4.69, 9.17) is 0 Å². The molecule has 8 heavy (non-hydrogen) atoms. The number of rotatable bonds is 3. The lowest BCUT2D eigenvalue weighted by Gasteiger charge is -1.90. The van der Waals surface area contributed by atoms with Crippen molar-refractivity contribution in [2.45, 2.75) is 10.2 Å². The van der Waals surface area contributed by atoms with Gasteiger partial charge >= 0.3 is 0 Å². The molecule has 0 aromatic heterocycles. The van der Waals surface area contributed by atoms with Crippen LogP contribution in [0.3, 0.4) is 0 Å². The summed E-state index contributed by atoms with van der Waals surface area (Å²) in [6, 6.07) is 0. The lowest BCUT2D eigenvalue weighted by Crippen LogP contribution is -1.77. The van der Waals surface area contributed by atoms with Gasteiger partial charge in [0.1, 0.15) is 0 Å². The molecule has 0 spiro atoms. The Hall–Kier alpha value is 1.18. The zero-order chi connectivity index (χ0) is 6.41. The van der Waals surface area contributed by atoms with Crippen LogP contribution in [0.1, 0.15) is 6.42 Å². The van der Waals surface area contributed by atoms with E-state index in [1.165, 1.54) is 0 Å². The minimum Gasteiger partial charge on any atom is -0.0883 e. The van der Waals surface area contributed by atoms with Crippen LogP contribution in [-0.2, 0) is 0 Å². The summed E-state index contributed by atoms with van der Waals surface area (Å²) in [6.07, 6.45) is 5.23. The molecule has 0 saturated heterocycles. The van der Waals surface area contributed by atoms with Gasteiger partial charge in [-0.3, -0.25) is 0 Å². The molecule has 0 aromatic rings. The molecule has 0 N–H and O–H groups in total. The van der Waals surface area contributed by atoms with E-state index in [1.54, 1.807) is 0 Å². The predicted molar refractivity (Wildman–Crippen MR) is 49.2 cm³/mol. The van der Waals surface area contributed by atoms with Crippen LogP contribution in [-0.4, -0.2) is 9.07 Å². The maximum atomic E-state index is 3.35. The van der Waals surface area contributed by atoms with E-state index >= 15 is 0 Å². The summed E-state index contributed by atoms with van der Waals surface area (Å²) in [4.78, 5) is 0. The number of allylic oxidation sites excluding steroid dienone is 2. The van der Waals surface area contributed by atoms with Crippen molar-refractivity contribution in [1.82, 2.24) is 0 Å². The standard InChI is InChI=1S/C5H7Br3/c6-4-2-1-3-5(7)8/h1-2,5H,3-4H2. The second-order valence-corrected chi connectivity index (χ2v) is 5.34. The van der Waals surface area contributed by atoms with Crippen molar-refractivity contribution in [3.05, 3.63) is 12.2 Å². The molecule has 0 rings (SSSR count). The molecule has 0 fully saturated rings. The van der Waals surface area contributed by atoms with Crippen molar-refractivity contribution in [2.24, 2.45) is 0 Å². The molecular weight excluding hydrogens is 300 g/mol. The molecule has 0 saturated carbocycles. The first-order chi connectivity index (χ1) is 3.77. The number of halogens is 3. The van der Waals surface area contributed by atoms with Gasteiger partial charge in [-0.2, -0.15) is 0 Å². The van der Waals surface area contributed by atoms with Crippen LogP contribution in [0.4, 0.5) is 0 Å². The zero-order valence-electron chi connectivity index (χ0n) is 4.28. The van der Waals surface area contributed by atoms with E-state index < -0.39 is 0 Å². The highest BCUT2D eigenvalue weighted by atomic mass is 79.9. The molecule has 0 aromatic carbocycles. The molecule has 48 valence electrons. The number of hydrogen-bond donors (Lipinski definition) is 0. The van der Waals surface area contributed by atoms with Gasteiger partial charge in [0.15, 0.2) is 0 Å². The Labute approximate surface area is 75.1 Å². The monoisotopic (exact) mass is 304 g/mol. The molecule has 0 aliphatic rings. The third-order valence-corrected chi connectivity index (χ3v) is 1.69. The Kier molecular flexibility index (Phi) is 7.23.